The van der Waals surface area contributed by atoms with Gasteiger partial charge in [0.1, 0.15) is 0 Å². The Morgan fingerprint density at radius 2 is 2.06 bits per heavy atom. The molecule has 1 aliphatic heterocycles. The molecule has 0 spiro atoms. The summed E-state index contributed by atoms with van der Waals surface area (Å²) in [5.41, 5.74) is 0. The lowest BCUT2D eigenvalue weighted by Crippen LogP contribution is -2.17. The van der Waals surface area contributed by atoms with Gasteiger partial charge >= 0.3 is 11.9 Å². The summed E-state index contributed by atoms with van der Waals surface area (Å²) >= 11 is 0. The molecule has 1 rings (SSSR count). The number of hydrogen-bond acceptors (Lipinski definition) is 4. The van der Waals surface area contributed by atoms with Gasteiger partial charge in [-0.1, -0.05) is 0 Å². The Hall–Kier alpha value is -1.59. The molecule has 0 aliphatic carbocycles. The van der Waals surface area contributed by atoms with E-state index in [0.29, 0.717) is 5.91 Å². The third-order valence-electron chi connectivity index (χ3n) is 2.08. The fourth-order valence-corrected chi connectivity index (χ4v) is 1.09. The van der Waals surface area contributed by atoms with Crippen molar-refractivity contribution in [1.82, 2.24) is 4.90 Å². The first-order valence-corrected chi connectivity index (χ1v) is 5.00. The molecule has 16 heavy (non-hydrogen) atoms. The molecule has 0 radical (unpaired) electrons. The Morgan fingerprint density at radius 1 is 1.44 bits per heavy atom. The number of nitrogens with zero attached hydrogens (tertiary/aromatic N) is 1. The Kier molecular flexibility index (Phi) is 6.91. The zero-order chi connectivity index (χ0) is 12.6. The van der Waals surface area contributed by atoms with Crippen molar-refractivity contribution in [3.05, 3.63) is 0 Å². The number of hydrogen-bond donors (Lipinski definition) is 1. The van der Waals surface area contributed by atoms with Crippen molar-refractivity contribution in [3.63, 3.8) is 0 Å². The van der Waals surface area contributed by atoms with Crippen LogP contribution < -0.4 is 0 Å². The molecule has 0 aromatic rings. The second-order valence-corrected chi connectivity index (χ2v) is 3.39. The minimum absolute atomic E-state index is 0.0498. The lowest BCUT2D eigenvalue weighted by molar-refractivity contribution is -0.145. The normalized spacial score (nSPS) is 14.1. The third-order valence-corrected chi connectivity index (χ3v) is 2.08. The van der Waals surface area contributed by atoms with Gasteiger partial charge in [0.2, 0.25) is 5.91 Å². The second-order valence-electron chi connectivity index (χ2n) is 3.39. The Labute approximate surface area is 94.2 Å². The van der Waals surface area contributed by atoms with Crippen LogP contribution in [0.1, 0.15) is 25.7 Å². The van der Waals surface area contributed by atoms with Crippen molar-refractivity contribution in [2.24, 2.45) is 0 Å². The maximum Gasteiger partial charge on any atom is 0.306 e. The maximum atomic E-state index is 10.5. The molecule has 6 nitrogen and oxygen atoms in total. The smallest absolute Gasteiger partial charge is 0.306 e. The number of aliphatic carboxylic acids is 1. The Bertz CT molecular complexity index is 264. The average molecular weight is 231 g/mol. The van der Waals surface area contributed by atoms with Gasteiger partial charge in [-0.05, 0) is 6.42 Å². The predicted molar refractivity (Wildman–Crippen MR) is 55.8 cm³/mol. The quantitative estimate of drug-likeness (QED) is 0.704. The van der Waals surface area contributed by atoms with E-state index in [-0.39, 0.29) is 12.8 Å². The number of ether oxygens (including phenoxy) is 1. The van der Waals surface area contributed by atoms with Crippen LogP contribution in [0.4, 0.5) is 0 Å². The highest BCUT2D eigenvalue weighted by molar-refractivity contribution is 5.77. The molecule has 0 unspecified atom stereocenters. The molecule has 1 saturated heterocycles. The van der Waals surface area contributed by atoms with Gasteiger partial charge in [-0.3, -0.25) is 14.4 Å². The lowest BCUT2D eigenvalue weighted by atomic mass is 10.3. The second kappa shape index (κ2) is 7.67. The first-order chi connectivity index (χ1) is 7.47. The van der Waals surface area contributed by atoms with Gasteiger partial charge in [-0.2, -0.15) is 0 Å². The number of methoxy groups -OCH3 is 1. The molecule has 0 saturated carbocycles. The molecule has 6 heteroatoms. The maximum absolute atomic E-state index is 10.5. The van der Waals surface area contributed by atoms with E-state index in [1.807, 2.05) is 7.05 Å². The average Bonchev–Trinajstić information content (AvgIpc) is 2.61. The molecule has 1 amide bonds. The summed E-state index contributed by atoms with van der Waals surface area (Å²) < 4.78 is 4.20. The number of carboxylic acids is 1. The van der Waals surface area contributed by atoms with Crippen LogP contribution in [0.15, 0.2) is 0 Å². The van der Waals surface area contributed by atoms with Gasteiger partial charge in [-0.25, -0.2) is 0 Å². The van der Waals surface area contributed by atoms with Crippen LogP contribution in [0, 0.1) is 0 Å². The minimum atomic E-state index is -0.986. The summed E-state index contributed by atoms with van der Waals surface area (Å²) in [5.74, 6) is -1.18. The fraction of sp³-hybridized carbons (Fsp3) is 0.700. The molecule has 1 heterocycles. The van der Waals surface area contributed by atoms with Gasteiger partial charge in [0.15, 0.2) is 0 Å². The Balaban J connectivity index is 0.000000288. The molecule has 1 aliphatic rings. The number of likely N-dealkylation sites (tertiary alicyclic amines) is 1. The van der Waals surface area contributed by atoms with Crippen molar-refractivity contribution >= 4 is 17.8 Å². The van der Waals surface area contributed by atoms with Crippen LogP contribution in [0.25, 0.3) is 0 Å². The highest BCUT2D eigenvalue weighted by atomic mass is 16.5. The first kappa shape index (κ1) is 14.4. The number of carboxylic acid groups (broad SMARTS) is 1. The monoisotopic (exact) mass is 231 g/mol. The predicted octanol–water partition coefficient (Wildman–Crippen LogP) is 0.263. The van der Waals surface area contributed by atoms with E-state index in [9.17, 15) is 14.4 Å². The van der Waals surface area contributed by atoms with Crippen LogP contribution in [0.3, 0.4) is 0 Å². The number of esters is 1. The van der Waals surface area contributed by atoms with Gasteiger partial charge in [0, 0.05) is 20.0 Å². The fourth-order valence-electron chi connectivity index (χ4n) is 1.09. The summed E-state index contributed by atoms with van der Waals surface area (Å²) in [5, 5.41) is 8.05. The van der Waals surface area contributed by atoms with Crippen LogP contribution in [-0.2, 0) is 19.1 Å². The number of carbonyl (C=O) groups excluding carboxylic acids is 2. The molecule has 0 aromatic carbocycles. The molecule has 0 aromatic heterocycles. The molecule has 1 fully saturated rings. The van der Waals surface area contributed by atoms with Gasteiger partial charge in [0.05, 0.1) is 20.0 Å². The summed E-state index contributed by atoms with van der Waals surface area (Å²) in [6, 6.07) is 0. The largest absolute Gasteiger partial charge is 0.481 e. The topological polar surface area (TPSA) is 83.9 Å². The van der Waals surface area contributed by atoms with Crippen LogP contribution in [0.2, 0.25) is 0 Å². The van der Waals surface area contributed by atoms with E-state index < -0.39 is 11.9 Å². The van der Waals surface area contributed by atoms with Crippen LogP contribution >= 0.6 is 0 Å². The van der Waals surface area contributed by atoms with E-state index in [0.717, 1.165) is 19.4 Å². The Morgan fingerprint density at radius 3 is 2.31 bits per heavy atom. The highest BCUT2D eigenvalue weighted by Crippen LogP contribution is 2.04. The lowest BCUT2D eigenvalue weighted by Gasteiger charge is -2.03. The van der Waals surface area contributed by atoms with Crippen molar-refractivity contribution in [2.75, 3.05) is 20.7 Å². The molecule has 92 valence electrons. The number of carbonyl (C=O) groups is 3. The van der Waals surface area contributed by atoms with Crippen molar-refractivity contribution in [3.8, 4) is 0 Å². The van der Waals surface area contributed by atoms with Gasteiger partial charge in [-0.15, -0.1) is 0 Å². The standard InChI is InChI=1S/C5H9NO.C5H8O4/c1-6-4-2-3-5(6)7;1-9-5(8)3-2-4(6)7/h2-4H2,1H3;2-3H2,1H3,(H,6,7). The van der Waals surface area contributed by atoms with E-state index in [2.05, 4.69) is 4.74 Å². The van der Waals surface area contributed by atoms with Gasteiger partial charge < -0.3 is 14.7 Å². The van der Waals surface area contributed by atoms with Crippen LogP contribution in [-0.4, -0.2) is 48.6 Å². The molecular formula is C10H17NO5. The SMILES string of the molecule is CN1CCCC1=O.COC(=O)CCC(=O)O. The third kappa shape index (κ3) is 6.80. The summed E-state index contributed by atoms with van der Waals surface area (Å²) in [4.78, 5) is 32.3. The zero-order valence-corrected chi connectivity index (χ0v) is 9.56. The zero-order valence-electron chi connectivity index (χ0n) is 9.56. The molecule has 1 N–H and O–H groups in total. The number of rotatable bonds is 3. The van der Waals surface area contributed by atoms with Gasteiger partial charge in [0.25, 0.3) is 0 Å². The van der Waals surface area contributed by atoms with Crippen molar-refractivity contribution < 1.29 is 24.2 Å². The van der Waals surface area contributed by atoms with E-state index in [4.69, 9.17) is 5.11 Å². The summed E-state index contributed by atoms with van der Waals surface area (Å²) in [6.07, 6.45) is 1.60. The molecule has 0 bridgehead atoms. The minimum Gasteiger partial charge on any atom is -0.481 e. The summed E-state index contributed by atoms with van der Waals surface area (Å²) in [7, 11) is 3.07. The van der Waals surface area contributed by atoms with E-state index in [1.54, 1.807) is 4.90 Å². The summed E-state index contributed by atoms with van der Waals surface area (Å²) in [6.45, 7) is 0.957. The first-order valence-electron chi connectivity index (χ1n) is 5.00. The van der Waals surface area contributed by atoms with Crippen molar-refractivity contribution in [2.45, 2.75) is 25.7 Å². The van der Waals surface area contributed by atoms with Crippen molar-refractivity contribution in [1.29, 1.82) is 0 Å². The van der Waals surface area contributed by atoms with Crippen LogP contribution in [0.5, 0.6) is 0 Å². The van der Waals surface area contributed by atoms with E-state index in [1.165, 1.54) is 7.11 Å². The molecule has 0 atom stereocenters. The number of amides is 1. The highest BCUT2D eigenvalue weighted by Gasteiger charge is 2.14. The molecular weight excluding hydrogens is 214 g/mol. The van der Waals surface area contributed by atoms with E-state index >= 15 is 0 Å².